The molecule has 0 saturated carbocycles. The third-order valence-corrected chi connectivity index (χ3v) is 0.160. The first-order valence-corrected chi connectivity index (χ1v) is 1.09. The Hall–Kier alpha value is -0.141. The van der Waals surface area contributed by atoms with Crippen molar-refractivity contribution in [2.75, 3.05) is 0 Å². The number of carbonyl (C=O) groups excluding carboxylic acids is 1. The Morgan fingerprint density at radius 1 is 1.83 bits per heavy atom. The summed E-state index contributed by atoms with van der Waals surface area (Å²) >= 11 is 0. The van der Waals surface area contributed by atoms with Crippen LogP contribution in [0.3, 0.4) is 0 Å². The molecule has 0 aliphatic carbocycles. The molecule has 0 fully saturated rings. The van der Waals surface area contributed by atoms with Crippen LogP contribution in [-0.2, 0) is 21.9 Å². The van der Waals surface area contributed by atoms with Gasteiger partial charge in [0.1, 0.15) is 0 Å². The van der Waals surface area contributed by atoms with E-state index in [0.29, 0.717) is 6.08 Å². The van der Waals surface area contributed by atoms with Gasteiger partial charge < -0.3 is 0 Å². The van der Waals surface area contributed by atoms with Gasteiger partial charge in [0.15, 0.2) is 0 Å². The van der Waals surface area contributed by atoms with Gasteiger partial charge in [-0.15, -0.1) is 0 Å². The minimum Gasteiger partial charge on any atom is -0.256 e. The number of hydrogen-bond acceptors (Lipinski definition) is 1. The van der Waals surface area contributed by atoms with Crippen LogP contribution < -0.4 is 0 Å². The Kier molecular flexibility index (Phi) is 7.52. The topological polar surface area (TPSA) is 17.1 Å². The molecular weight excluding hydrogens is 135 g/mol. The molecule has 6 heavy (non-hydrogen) atoms. The van der Waals surface area contributed by atoms with Crippen LogP contribution in [0.25, 0.3) is 0 Å². The molecule has 0 spiro atoms. The zero-order valence-electron chi connectivity index (χ0n) is 2.87. The van der Waals surface area contributed by atoms with Crippen molar-refractivity contribution in [1.82, 2.24) is 0 Å². The van der Waals surface area contributed by atoms with Crippen molar-refractivity contribution >= 4 is 6.04 Å². The summed E-state index contributed by atoms with van der Waals surface area (Å²) in [5.74, 6) is 0. The van der Waals surface area contributed by atoms with E-state index in [4.69, 9.17) is 4.79 Å². The molecule has 0 aliphatic rings. The molecular formula is C3H3CuFO. The van der Waals surface area contributed by atoms with Crippen molar-refractivity contribution in [3.63, 3.8) is 0 Å². The number of allylic oxidation sites excluding steroid dienone is 1. The van der Waals surface area contributed by atoms with Crippen LogP contribution in [0.5, 0.6) is 0 Å². The molecule has 0 bridgehead atoms. The van der Waals surface area contributed by atoms with Crippen LogP contribution in [0.4, 0.5) is 4.39 Å². The summed E-state index contributed by atoms with van der Waals surface area (Å²) in [6, 6.07) is -1.48. The molecule has 0 N–H and O–H groups in total. The van der Waals surface area contributed by atoms with Gasteiger partial charge in [-0.3, -0.25) is 4.79 Å². The maximum atomic E-state index is 10.7. The fraction of sp³-hybridized carbons (Fsp3) is 0. The largest absolute Gasteiger partial charge is 0.324 e. The molecule has 0 aromatic heterocycles. The third kappa shape index (κ3) is 9.13. The molecule has 0 aromatic rings. The molecule has 39 valence electrons. The molecule has 0 heterocycles. The number of hydrogen-bond donors (Lipinski definition) is 0. The fourth-order valence-electron chi connectivity index (χ4n) is 0. The molecule has 1 nitrogen and oxygen atoms in total. The summed E-state index contributed by atoms with van der Waals surface area (Å²) in [6.07, 6.45) is 0.611. The van der Waals surface area contributed by atoms with Crippen molar-refractivity contribution in [3.05, 3.63) is 12.7 Å². The Bertz CT molecular complexity index is 61.8. The Morgan fingerprint density at radius 2 is 2.00 bits per heavy atom. The van der Waals surface area contributed by atoms with E-state index >= 15 is 0 Å². The van der Waals surface area contributed by atoms with Crippen LogP contribution in [0.2, 0.25) is 0 Å². The van der Waals surface area contributed by atoms with Gasteiger partial charge in [-0.1, -0.05) is 6.58 Å². The monoisotopic (exact) mass is 137 g/mol. The average molecular weight is 138 g/mol. The van der Waals surface area contributed by atoms with Gasteiger partial charge in [-0.25, -0.2) is 0 Å². The number of halogens is 1. The second-order valence-corrected chi connectivity index (χ2v) is 0.508. The van der Waals surface area contributed by atoms with Crippen LogP contribution in [-0.4, -0.2) is 6.04 Å². The molecule has 0 rings (SSSR count). The molecule has 3 heteroatoms. The zero-order chi connectivity index (χ0) is 4.28. The molecule has 0 amide bonds. The van der Waals surface area contributed by atoms with Gasteiger partial charge in [-0.05, 0) is 0 Å². The first-order chi connectivity index (χ1) is 2.27. The van der Waals surface area contributed by atoms with Crippen LogP contribution >= 0.6 is 0 Å². The Labute approximate surface area is 45.7 Å². The summed E-state index contributed by atoms with van der Waals surface area (Å²) in [5.41, 5.74) is 0. The fourth-order valence-corrected chi connectivity index (χ4v) is 0. The van der Waals surface area contributed by atoms with Crippen LogP contribution in [0.15, 0.2) is 12.7 Å². The molecule has 0 unspecified atom stereocenters. The molecule has 0 aliphatic heterocycles. The van der Waals surface area contributed by atoms with Gasteiger partial charge >= 0.3 is 6.04 Å². The van der Waals surface area contributed by atoms with Gasteiger partial charge in [0.25, 0.3) is 0 Å². The van der Waals surface area contributed by atoms with Crippen LogP contribution in [0, 0.1) is 0 Å². The van der Waals surface area contributed by atoms with E-state index in [1.165, 1.54) is 0 Å². The molecule has 0 atom stereocenters. The normalized spacial score (nSPS) is 5.50. The van der Waals surface area contributed by atoms with Crippen molar-refractivity contribution in [2.45, 2.75) is 0 Å². The van der Waals surface area contributed by atoms with E-state index in [-0.39, 0.29) is 17.1 Å². The molecule has 0 saturated heterocycles. The quantitative estimate of drug-likeness (QED) is 0.295. The number of carbonyl (C=O) groups is 1. The predicted octanol–water partition coefficient (Wildman–Crippen LogP) is 0.666. The average Bonchev–Trinajstić information content (AvgIpc) is 1.38. The van der Waals surface area contributed by atoms with Crippen LogP contribution in [0.1, 0.15) is 0 Å². The molecule has 1 radical (unpaired) electrons. The van der Waals surface area contributed by atoms with Crippen molar-refractivity contribution in [2.24, 2.45) is 0 Å². The summed E-state index contributed by atoms with van der Waals surface area (Å²) < 4.78 is 10.7. The van der Waals surface area contributed by atoms with Gasteiger partial charge in [0.2, 0.25) is 0 Å². The first-order valence-electron chi connectivity index (χ1n) is 1.09. The van der Waals surface area contributed by atoms with E-state index in [1.807, 2.05) is 0 Å². The Morgan fingerprint density at radius 3 is 2.00 bits per heavy atom. The van der Waals surface area contributed by atoms with Gasteiger partial charge in [-0.2, -0.15) is 4.39 Å². The number of rotatable bonds is 1. The van der Waals surface area contributed by atoms with Crippen molar-refractivity contribution in [1.29, 1.82) is 0 Å². The zero-order valence-corrected chi connectivity index (χ0v) is 3.81. The second kappa shape index (κ2) is 4.86. The standard InChI is InChI=1S/C3H3FO.Cu/c1-2-3(4)5;/h2H,1H2;. The summed E-state index contributed by atoms with van der Waals surface area (Å²) in [5, 5.41) is 0. The van der Waals surface area contributed by atoms with Crippen molar-refractivity contribution < 1.29 is 26.3 Å². The maximum Gasteiger partial charge on any atom is 0.324 e. The summed E-state index contributed by atoms with van der Waals surface area (Å²) in [4.78, 5) is 9.03. The van der Waals surface area contributed by atoms with Gasteiger partial charge in [0.05, 0.1) is 0 Å². The van der Waals surface area contributed by atoms with Gasteiger partial charge in [0, 0.05) is 23.1 Å². The molecule has 0 aromatic carbocycles. The first kappa shape index (κ1) is 9.29. The maximum absolute atomic E-state index is 10.7. The minimum absolute atomic E-state index is 0. The van der Waals surface area contributed by atoms with E-state index in [0.717, 1.165) is 0 Å². The predicted molar refractivity (Wildman–Crippen MR) is 16.3 cm³/mol. The van der Waals surface area contributed by atoms with E-state index in [2.05, 4.69) is 6.58 Å². The summed E-state index contributed by atoms with van der Waals surface area (Å²) in [6.45, 7) is 2.84. The SMILES string of the molecule is C=CC(=O)F.[Cu]. The minimum atomic E-state index is -1.48. The Balaban J connectivity index is 0. The van der Waals surface area contributed by atoms with E-state index in [1.54, 1.807) is 0 Å². The second-order valence-electron chi connectivity index (χ2n) is 0.508. The van der Waals surface area contributed by atoms with Crippen molar-refractivity contribution in [3.8, 4) is 0 Å². The van der Waals surface area contributed by atoms with E-state index < -0.39 is 6.04 Å². The van der Waals surface area contributed by atoms with E-state index in [9.17, 15) is 4.39 Å². The smallest absolute Gasteiger partial charge is 0.256 e. The summed E-state index contributed by atoms with van der Waals surface area (Å²) in [7, 11) is 0. The third-order valence-electron chi connectivity index (χ3n) is 0.160.